The number of rotatable bonds is 5. The highest BCUT2D eigenvalue weighted by atomic mass is 35.5. The largest absolute Gasteiger partial charge is 0.326 e. The Morgan fingerprint density at radius 3 is 2.15 bits per heavy atom. The van der Waals surface area contributed by atoms with Gasteiger partial charge in [-0.1, -0.05) is 23.2 Å². The molecule has 2 N–H and O–H groups in total. The zero-order valence-corrected chi connectivity index (χ0v) is 19.5. The highest BCUT2D eigenvalue weighted by Crippen LogP contribution is 2.65. The first-order valence-electron chi connectivity index (χ1n) is 9.57. The van der Waals surface area contributed by atoms with Crippen molar-refractivity contribution in [1.82, 2.24) is 0 Å². The van der Waals surface area contributed by atoms with Crippen molar-refractivity contribution < 1.29 is 18.4 Å². The van der Waals surface area contributed by atoms with E-state index in [2.05, 4.69) is 10.6 Å². The van der Waals surface area contributed by atoms with Crippen molar-refractivity contribution in [1.29, 1.82) is 0 Å². The van der Waals surface area contributed by atoms with Crippen molar-refractivity contribution in [2.45, 2.75) is 10.3 Å². The van der Waals surface area contributed by atoms with Gasteiger partial charge in [0, 0.05) is 22.3 Å². The summed E-state index contributed by atoms with van der Waals surface area (Å²) in [5, 5.41) is 5.57. The number of hydrogen-bond donors (Lipinski definition) is 2. The molecule has 170 valence electrons. The minimum absolute atomic E-state index is 0.0889. The van der Waals surface area contributed by atoms with E-state index in [0.29, 0.717) is 11.3 Å². The molecule has 0 radical (unpaired) electrons. The van der Waals surface area contributed by atoms with E-state index in [1.807, 2.05) is 0 Å². The van der Waals surface area contributed by atoms with Crippen LogP contribution in [0.3, 0.4) is 0 Å². The van der Waals surface area contributed by atoms with E-state index in [0.717, 1.165) is 6.07 Å². The second-order valence-electron chi connectivity index (χ2n) is 7.48. The number of carbonyl (C=O) groups excluding carboxylic acids is 2. The van der Waals surface area contributed by atoms with Crippen LogP contribution in [0.1, 0.15) is 21.8 Å². The summed E-state index contributed by atoms with van der Waals surface area (Å²) < 4.78 is 25.4. The molecule has 0 heterocycles. The smallest absolute Gasteiger partial charge is 0.257 e. The molecule has 0 aliphatic heterocycles. The van der Waals surface area contributed by atoms with E-state index in [4.69, 9.17) is 46.4 Å². The molecule has 10 heteroatoms. The molecule has 2 unspecified atom stereocenters. The minimum Gasteiger partial charge on any atom is -0.326 e. The van der Waals surface area contributed by atoms with Gasteiger partial charge in [-0.2, -0.15) is 0 Å². The molecular weight excluding hydrogens is 516 g/mol. The topological polar surface area (TPSA) is 58.2 Å². The Morgan fingerprint density at radius 1 is 0.818 bits per heavy atom. The highest BCUT2D eigenvalue weighted by Gasteiger charge is 2.67. The van der Waals surface area contributed by atoms with Crippen molar-refractivity contribution >= 4 is 69.6 Å². The second kappa shape index (κ2) is 9.11. The number of anilines is 2. The Balaban J connectivity index is 1.50. The summed E-state index contributed by atoms with van der Waals surface area (Å²) in [5.41, 5.74) is 1.14. The fourth-order valence-electron chi connectivity index (χ4n) is 3.55. The summed E-state index contributed by atoms with van der Waals surface area (Å²) >= 11 is 24.7. The van der Waals surface area contributed by atoms with Crippen LogP contribution in [0.4, 0.5) is 20.2 Å². The summed E-state index contributed by atoms with van der Waals surface area (Å²) in [6.45, 7) is 0. The Bertz CT molecular complexity index is 1230. The molecule has 4 rings (SSSR count). The number of hydrogen-bond acceptors (Lipinski definition) is 2. The maximum Gasteiger partial charge on any atom is 0.257 e. The van der Waals surface area contributed by atoms with Crippen LogP contribution in [0.2, 0.25) is 10.0 Å². The number of halogens is 6. The van der Waals surface area contributed by atoms with Crippen molar-refractivity contribution in [3.63, 3.8) is 0 Å². The molecule has 1 aliphatic rings. The number of alkyl halides is 2. The van der Waals surface area contributed by atoms with Crippen molar-refractivity contribution in [2.75, 3.05) is 10.6 Å². The van der Waals surface area contributed by atoms with Gasteiger partial charge in [-0.3, -0.25) is 9.59 Å². The molecule has 0 aromatic heterocycles. The lowest BCUT2D eigenvalue weighted by molar-refractivity contribution is -0.117. The third kappa shape index (κ3) is 5.09. The number of amides is 2. The Kier molecular flexibility index (Phi) is 6.56. The first kappa shape index (κ1) is 23.8. The molecule has 3 aromatic carbocycles. The van der Waals surface area contributed by atoms with Gasteiger partial charge in [0.1, 0.15) is 16.0 Å². The Morgan fingerprint density at radius 2 is 1.48 bits per heavy atom. The summed E-state index contributed by atoms with van der Waals surface area (Å²) in [4.78, 5) is 25.5. The molecule has 0 spiro atoms. The van der Waals surface area contributed by atoms with Crippen LogP contribution in [-0.2, 0) is 4.79 Å². The van der Waals surface area contributed by atoms with Crippen LogP contribution < -0.4 is 10.6 Å². The van der Waals surface area contributed by atoms with Gasteiger partial charge >= 0.3 is 0 Å². The van der Waals surface area contributed by atoms with Gasteiger partial charge < -0.3 is 10.6 Å². The van der Waals surface area contributed by atoms with Crippen LogP contribution in [0.5, 0.6) is 0 Å². The quantitative estimate of drug-likeness (QED) is 0.348. The SMILES string of the molecule is O=C(Nc1ccc(F)cc1)c1cc(NC(=O)C2C(c3cc(F)cc(Cl)c3)C2(Cl)Cl)ccc1Cl. The molecule has 0 bridgehead atoms. The number of benzene rings is 3. The first-order chi connectivity index (χ1) is 15.6. The maximum atomic E-state index is 13.7. The van der Waals surface area contributed by atoms with Crippen LogP contribution in [-0.4, -0.2) is 16.1 Å². The molecule has 3 aromatic rings. The van der Waals surface area contributed by atoms with Gasteiger partial charge in [-0.15, -0.1) is 23.2 Å². The second-order valence-corrected chi connectivity index (χ2v) is 9.77. The van der Waals surface area contributed by atoms with Gasteiger partial charge in [0.2, 0.25) is 5.91 Å². The molecular formula is C23H14Cl4F2N2O2. The van der Waals surface area contributed by atoms with Crippen LogP contribution >= 0.6 is 46.4 Å². The normalized spacial score (nSPS) is 18.5. The Labute approximate surface area is 207 Å². The van der Waals surface area contributed by atoms with Gasteiger partial charge in [0.15, 0.2) is 0 Å². The van der Waals surface area contributed by atoms with Crippen LogP contribution in [0.25, 0.3) is 0 Å². The monoisotopic (exact) mass is 528 g/mol. The van der Waals surface area contributed by atoms with Crippen molar-refractivity contribution in [3.05, 3.63) is 93.5 Å². The lowest BCUT2D eigenvalue weighted by atomic mass is 10.1. The van der Waals surface area contributed by atoms with Crippen LogP contribution in [0, 0.1) is 17.6 Å². The van der Waals surface area contributed by atoms with Gasteiger partial charge in [-0.05, 0) is 66.2 Å². The zero-order chi connectivity index (χ0) is 23.9. The van der Waals surface area contributed by atoms with E-state index in [-0.39, 0.29) is 21.3 Å². The molecule has 1 fully saturated rings. The fraction of sp³-hybridized carbons (Fsp3) is 0.130. The van der Waals surface area contributed by atoms with E-state index < -0.39 is 39.6 Å². The summed E-state index contributed by atoms with van der Waals surface area (Å²) in [5.74, 6) is -3.61. The number of carbonyl (C=O) groups is 2. The third-order valence-corrected chi connectivity index (χ3v) is 6.65. The highest BCUT2D eigenvalue weighted by molar-refractivity contribution is 6.53. The minimum atomic E-state index is -1.45. The van der Waals surface area contributed by atoms with E-state index in [1.165, 1.54) is 54.6 Å². The molecule has 0 saturated heterocycles. The summed E-state index contributed by atoms with van der Waals surface area (Å²) in [6.07, 6.45) is 0. The van der Waals surface area contributed by atoms with Gasteiger partial charge in [-0.25, -0.2) is 8.78 Å². The predicted molar refractivity (Wildman–Crippen MR) is 127 cm³/mol. The average Bonchev–Trinajstić information content (AvgIpc) is 3.32. The molecule has 2 amide bonds. The van der Waals surface area contributed by atoms with E-state index in [9.17, 15) is 18.4 Å². The molecule has 1 aliphatic carbocycles. The zero-order valence-electron chi connectivity index (χ0n) is 16.5. The fourth-order valence-corrected chi connectivity index (χ4v) is 4.81. The average molecular weight is 530 g/mol. The Hall–Kier alpha value is -2.38. The standard InChI is InChI=1S/C23H14Cl4F2N2O2/c24-12-7-11(8-14(29)9-12)19-20(23(19,26)27)22(33)31-16-5-6-18(25)17(10-16)21(32)30-15-3-1-13(28)2-4-15/h1-10,19-20H,(H,30,32)(H,31,33). The number of nitrogens with one attached hydrogen (secondary N) is 2. The molecule has 33 heavy (non-hydrogen) atoms. The van der Waals surface area contributed by atoms with Crippen molar-refractivity contribution in [2.24, 2.45) is 5.92 Å². The van der Waals surface area contributed by atoms with Gasteiger partial charge in [0.05, 0.1) is 16.5 Å². The summed E-state index contributed by atoms with van der Waals surface area (Å²) in [6, 6.07) is 13.4. The first-order valence-corrected chi connectivity index (χ1v) is 11.1. The summed E-state index contributed by atoms with van der Waals surface area (Å²) in [7, 11) is 0. The maximum absolute atomic E-state index is 13.7. The molecule has 2 atom stereocenters. The lowest BCUT2D eigenvalue weighted by Crippen LogP contribution is -2.18. The lowest BCUT2D eigenvalue weighted by Gasteiger charge is -2.10. The van der Waals surface area contributed by atoms with E-state index >= 15 is 0 Å². The van der Waals surface area contributed by atoms with Crippen molar-refractivity contribution in [3.8, 4) is 0 Å². The van der Waals surface area contributed by atoms with E-state index in [1.54, 1.807) is 0 Å². The predicted octanol–water partition coefficient (Wildman–Crippen LogP) is 7.05. The molecule has 4 nitrogen and oxygen atoms in total. The molecule has 1 saturated carbocycles. The third-order valence-electron chi connectivity index (χ3n) is 5.16. The van der Waals surface area contributed by atoms with Gasteiger partial charge in [0.25, 0.3) is 5.91 Å². The van der Waals surface area contributed by atoms with Crippen LogP contribution in [0.15, 0.2) is 60.7 Å².